The van der Waals surface area contributed by atoms with Crippen LogP contribution in [-0.2, 0) is 14.9 Å². The summed E-state index contributed by atoms with van der Waals surface area (Å²) in [7, 11) is -3.51. The van der Waals surface area contributed by atoms with Crippen LogP contribution < -0.4 is 4.72 Å². The Hall–Kier alpha value is -0.450. The standard InChI is InChI=1S/C9H12IN3O3S/c10-8-1-2-9(11-7-8)12-17(14,15)13-3-5-16-6-4-13/h1-2,7H,3-6H2,(H,11,12). The number of hydrogen-bond donors (Lipinski definition) is 1. The van der Waals surface area contributed by atoms with Crippen molar-refractivity contribution < 1.29 is 13.2 Å². The van der Waals surface area contributed by atoms with E-state index >= 15 is 0 Å². The Morgan fingerprint density at radius 2 is 2.06 bits per heavy atom. The Morgan fingerprint density at radius 1 is 1.35 bits per heavy atom. The Balaban J connectivity index is 2.08. The lowest BCUT2D eigenvalue weighted by molar-refractivity contribution is 0.0733. The number of pyridine rings is 1. The van der Waals surface area contributed by atoms with E-state index in [1.807, 2.05) is 0 Å². The van der Waals surface area contributed by atoms with Gasteiger partial charge in [0.05, 0.1) is 13.2 Å². The molecule has 0 unspecified atom stereocenters. The summed E-state index contributed by atoms with van der Waals surface area (Å²) in [6.45, 7) is 1.61. The Bertz CT molecular complexity index is 471. The van der Waals surface area contributed by atoms with Gasteiger partial charge in [0, 0.05) is 22.9 Å². The summed E-state index contributed by atoms with van der Waals surface area (Å²) in [5, 5.41) is 0. The second kappa shape index (κ2) is 5.46. The van der Waals surface area contributed by atoms with Crippen molar-refractivity contribution in [1.82, 2.24) is 9.29 Å². The smallest absolute Gasteiger partial charge is 0.302 e. The zero-order valence-corrected chi connectivity index (χ0v) is 11.9. The zero-order valence-electron chi connectivity index (χ0n) is 8.97. The molecule has 2 heterocycles. The molecule has 0 amide bonds. The van der Waals surface area contributed by atoms with Crippen LogP contribution in [-0.4, -0.2) is 44.0 Å². The highest BCUT2D eigenvalue weighted by Crippen LogP contribution is 2.12. The Morgan fingerprint density at radius 3 is 2.65 bits per heavy atom. The van der Waals surface area contributed by atoms with Crippen LogP contribution in [0.4, 0.5) is 5.82 Å². The summed E-state index contributed by atoms with van der Waals surface area (Å²) in [6.07, 6.45) is 1.61. The predicted molar refractivity (Wildman–Crippen MR) is 71.9 cm³/mol. The van der Waals surface area contributed by atoms with Gasteiger partial charge in [-0.1, -0.05) is 0 Å². The molecule has 0 atom stereocenters. The third kappa shape index (κ3) is 3.50. The average Bonchev–Trinajstić information content (AvgIpc) is 2.33. The molecule has 0 aliphatic carbocycles. The van der Waals surface area contributed by atoms with Crippen LogP contribution in [0.1, 0.15) is 0 Å². The molecule has 2 rings (SSSR count). The molecule has 0 spiro atoms. The van der Waals surface area contributed by atoms with Gasteiger partial charge in [-0.25, -0.2) is 4.98 Å². The topological polar surface area (TPSA) is 71.5 Å². The van der Waals surface area contributed by atoms with E-state index in [4.69, 9.17) is 4.74 Å². The first-order chi connectivity index (χ1) is 8.08. The van der Waals surface area contributed by atoms with Gasteiger partial charge in [0.25, 0.3) is 0 Å². The van der Waals surface area contributed by atoms with Crippen LogP contribution >= 0.6 is 22.6 Å². The van der Waals surface area contributed by atoms with E-state index in [0.29, 0.717) is 32.1 Å². The highest BCUT2D eigenvalue weighted by Gasteiger charge is 2.24. The molecule has 8 heteroatoms. The first-order valence-corrected chi connectivity index (χ1v) is 7.57. The van der Waals surface area contributed by atoms with E-state index in [2.05, 4.69) is 32.3 Å². The number of ether oxygens (including phenoxy) is 1. The molecule has 0 saturated carbocycles. The Kier molecular flexibility index (Phi) is 4.17. The fourth-order valence-corrected chi connectivity index (χ4v) is 2.88. The molecule has 94 valence electrons. The zero-order chi connectivity index (χ0) is 12.3. The van der Waals surface area contributed by atoms with Crippen molar-refractivity contribution in [3.05, 3.63) is 21.9 Å². The molecule has 1 aliphatic rings. The van der Waals surface area contributed by atoms with Crippen LogP contribution in [0, 0.1) is 3.57 Å². The average molecular weight is 369 g/mol. The molecule has 1 aromatic rings. The van der Waals surface area contributed by atoms with Crippen LogP contribution in [0.25, 0.3) is 0 Å². The maximum atomic E-state index is 12.0. The third-order valence-electron chi connectivity index (χ3n) is 2.27. The molecular formula is C9H12IN3O3S. The summed E-state index contributed by atoms with van der Waals surface area (Å²) >= 11 is 2.11. The van der Waals surface area contributed by atoms with Crippen molar-refractivity contribution in [2.45, 2.75) is 0 Å². The van der Waals surface area contributed by atoms with Gasteiger partial charge in [0.2, 0.25) is 0 Å². The molecular weight excluding hydrogens is 357 g/mol. The minimum Gasteiger partial charge on any atom is -0.379 e. The Labute approximate surface area is 114 Å². The molecule has 1 aliphatic heterocycles. The highest BCUT2D eigenvalue weighted by atomic mass is 127. The van der Waals surface area contributed by atoms with Crippen LogP contribution in [0.5, 0.6) is 0 Å². The lowest BCUT2D eigenvalue weighted by Gasteiger charge is -2.26. The van der Waals surface area contributed by atoms with Crippen LogP contribution in [0.15, 0.2) is 18.3 Å². The van der Waals surface area contributed by atoms with Gasteiger partial charge in [0.1, 0.15) is 5.82 Å². The minimum atomic E-state index is -3.51. The SMILES string of the molecule is O=S(=O)(Nc1ccc(I)cn1)N1CCOCC1. The fourth-order valence-electron chi connectivity index (χ4n) is 1.42. The molecule has 0 aromatic carbocycles. The van der Waals surface area contributed by atoms with E-state index in [-0.39, 0.29) is 0 Å². The molecule has 0 bridgehead atoms. The summed E-state index contributed by atoms with van der Waals surface area (Å²) in [6, 6.07) is 3.44. The number of halogens is 1. The second-order valence-electron chi connectivity index (χ2n) is 3.48. The highest BCUT2D eigenvalue weighted by molar-refractivity contribution is 14.1. The van der Waals surface area contributed by atoms with Crippen molar-refractivity contribution in [3.8, 4) is 0 Å². The minimum absolute atomic E-state index is 0.330. The van der Waals surface area contributed by atoms with E-state index < -0.39 is 10.2 Å². The van der Waals surface area contributed by atoms with E-state index in [0.717, 1.165) is 3.57 Å². The van der Waals surface area contributed by atoms with Crippen molar-refractivity contribution in [2.24, 2.45) is 0 Å². The van der Waals surface area contributed by atoms with Gasteiger partial charge in [-0.3, -0.25) is 4.72 Å². The van der Waals surface area contributed by atoms with Gasteiger partial charge in [0.15, 0.2) is 0 Å². The van der Waals surface area contributed by atoms with E-state index in [1.165, 1.54) is 4.31 Å². The molecule has 0 radical (unpaired) electrons. The van der Waals surface area contributed by atoms with Crippen LogP contribution in [0.3, 0.4) is 0 Å². The molecule has 17 heavy (non-hydrogen) atoms. The number of nitrogens with one attached hydrogen (secondary N) is 1. The number of morpholine rings is 1. The quantitative estimate of drug-likeness (QED) is 0.796. The lowest BCUT2D eigenvalue weighted by atomic mass is 10.5. The van der Waals surface area contributed by atoms with Gasteiger partial charge in [-0.15, -0.1) is 0 Å². The number of aromatic nitrogens is 1. The van der Waals surface area contributed by atoms with Gasteiger partial charge < -0.3 is 4.74 Å². The molecule has 1 N–H and O–H groups in total. The number of nitrogens with zero attached hydrogens (tertiary/aromatic N) is 2. The maximum absolute atomic E-state index is 12.0. The van der Waals surface area contributed by atoms with Crippen molar-refractivity contribution in [1.29, 1.82) is 0 Å². The van der Waals surface area contributed by atoms with Gasteiger partial charge in [-0.2, -0.15) is 12.7 Å². The van der Waals surface area contributed by atoms with Crippen molar-refractivity contribution in [2.75, 3.05) is 31.0 Å². The fraction of sp³-hybridized carbons (Fsp3) is 0.444. The second-order valence-corrected chi connectivity index (χ2v) is 6.40. The van der Waals surface area contributed by atoms with E-state index in [1.54, 1.807) is 18.3 Å². The van der Waals surface area contributed by atoms with E-state index in [9.17, 15) is 8.42 Å². The largest absolute Gasteiger partial charge is 0.379 e. The molecule has 1 aromatic heterocycles. The number of rotatable bonds is 3. The summed E-state index contributed by atoms with van der Waals surface area (Å²) in [5.41, 5.74) is 0. The first kappa shape index (κ1) is 13.0. The number of anilines is 1. The van der Waals surface area contributed by atoms with Crippen LogP contribution in [0.2, 0.25) is 0 Å². The van der Waals surface area contributed by atoms with Crippen molar-refractivity contribution >= 4 is 38.6 Å². The molecule has 1 fully saturated rings. The maximum Gasteiger partial charge on any atom is 0.302 e. The predicted octanol–water partition coefficient (Wildman–Crippen LogP) is 0.675. The summed E-state index contributed by atoms with van der Waals surface area (Å²) in [4.78, 5) is 4.00. The monoisotopic (exact) mass is 369 g/mol. The normalized spacial score (nSPS) is 17.9. The van der Waals surface area contributed by atoms with Gasteiger partial charge >= 0.3 is 10.2 Å². The molecule has 1 saturated heterocycles. The summed E-state index contributed by atoms with van der Waals surface area (Å²) in [5.74, 6) is 0.330. The third-order valence-corrected chi connectivity index (χ3v) is 4.42. The molecule has 6 nitrogen and oxygen atoms in total. The first-order valence-electron chi connectivity index (χ1n) is 5.05. The summed E-state index contributed by atoms with van der Waals surface area (Å²) < 4.78 is 33.8. The van der Waals surface area contributed by atoms with Gasteiger partial charge in [-0.05, 0) is 34.7 Å². The lowest BCUT2D eigenvalue weighted by Crippen LogP contribution is -2.43. The number of hydrogen-bond acceptors (Lipinski definition) is 4. The van der Waals surface area contributed by atoms with Crippen molar-refractivity contribution in [3.63, 3.8) is 0 Å².